The normalized spacial score (nSPS) is 11.4. The van der Waals surface area contributed by atoms with E-state index in [1.807, 2.05) is 0 Å². The average Bonchev–Trinajstić information content (AvgIpc) is 2.16. The molecule has 16 heavy (non-hydrogen) atoms. The first kappa shape index (κ1) is 13.2. The molecule has 0 spiro atoms. The number of sulfone groups is 1. The Morgan fingerprint density at radius 2 is 2.12 bits per heavy atom. The van der Waals surface area contributed by atoms with E-state index in [4.69, 9.17) is 11.6 Å². The van der Waals surface area contributed by atoms with Crippen LogP contribution in [0.1, 0.15) is 12.6 Å². The van der Waals surface area contributed by atoms with Crippen molar-refractivity contribution in [2.75, 3.05) is 23.4 Å². The molecule has 0 bridgehead atoms. The Hall–Kier alpha value is -0.880. The van der Waals surface area contributed by atoms with Gasteiger partial charge in [-0.2, -0.15) is 0 Å². The van der Waals surface area contributed by atoms with Gasteiger partial charge in [0.25, 0.3) is 0 Å². The molecule has 1 N–H and O–H groups in total. The molecule has 90 valence electrons. The smallest absolute Gasteiger partial charge is 0.224 e. The number of hydrogen-bond donors (Lipinski definition) is 1. The van der Waals surface area contributed by atoms with Crippen molar-refractivity contribution in [3.05, 3.63) is 17.0 Å². The first-order chi connectivity index (χ1) is 7.43. The summed E-state index contributed by atoms with van der Waals surface area (Å²) in [5.41, 5.74) is 0.737. The topological polar surface area (TPSA) is 72.0 Å². The summed E-state index contributed by atoms with van der Waals surface area (Å²) in [6, 6.07) is 1.71. The van der Waals surface area contributed by atoms with Crippen molar-refractivity contribution < 1.29 is 8.42 Å². The zero-order valence-electron chi connectivity index (χ0n) is 9.20. The average molecular weight is 264 g/mol. The van der Waals surface area contributed by atoms with Crippen LogP contribution in [0, 0.1) is 6.92 Å². The predicted molar refractivity (Wildman–Crippen MR) is 64.6 cm³/mol. The zero-order chi connectivity index (χ0) is 12.2. The molecule has 7 heteroatoms. The van der Waals surface area contributed by atoms with Crippen LogP contribution in [0.2, 0.25) is 5.28 Å². The van der Waals surface area contributed by atoms with Gasteiger partial charge in [-0.3, -0.25) is 0 Å². The molecule has 0 saturated carbocycles. The Labute approximate surface area is 100 Å². The van der Waals surface area contributed by atoms with Crippen LogP contribution in [-0.4, -0.2) is 36.4 Å². The lowest BCUT2D eigenvalue weighted by atomic mass is 10.4. The van der Waals surface area contributed by atoms with Crippen LogP contribution in [-0.2, 0) is 9.84 Å². The molecule has 0 unspecified atom stereocenters. The van der Waals surface area contributed by atoms with Gasteiger partial charge in [-0.25, -0.2) is 18.4 Å². The number of rotatable bonds is 5. The van der Waals surface area contributed by atoms with E-state index in [1.165, 1.54) is 0 Å². The van der Waals surface area contributed by atoms with E-state index in [2.05, 4.69) is 15.3 Å². The summed E-state index contributed by atoms with van der Waals surface area (Å²) in [5.74, 6) is 0.784. The van der Waals surface area contributed by atoms with E-state index < -0.39 is 9.84 Å². The highest BCUT2D eigenvalue weighted by atomic mass is 35.5. The summed E-state index contributed by atoms with van der Waals surface area (Å²) in [6.07, 6.45) is 0. The van der Waals surface area contributed by atoms with Gasteiger partial charge in [0.05, 0.1) is 5.75 Å². The zero-order valence-corrected chi connectivity index (χ0v) is 10.8. The quantitative estimate of drug-likeness (QED) is 0.811. The Kier molecular flexibility index (Phi) is 4.49. The second-order valence-electron chi connectivity index (χ2n) is 3.33. The second kappa shape index (κ2) is 5.45. The molecule has 0 aliphatic carbocycles. The minimum atomic E-state index is -2.95. The number of hydrogen-bond acceptors (Lipinski definition) is 5. The van der Waals surface area contributed by atoms with Crippen molar-refractivity contribution in [3.63, 3.8) is 0 Å². The summed E-state index contributed by atoms with van der Waals surface area (Å²) in [4.78, 5) is 7.83. The molecule has 5 nitrogen and oxygen atoms in total. The molecule has 0 saturated heterocycles. The van der Waals surface area contributed by atoms with Crippen molar-refractivity contribution in [3.8, 4) is 0 Å². The van der Waals surface area contributed by atoms with Gasteiger partial charge < -0.3 is 5.32 Å². The van der Waals surface area contributed by atoms with Crippen molar-refractivity contribution in [1.29, 1.82) is 0 Å². The van der Waals surface area contributed by atoms with Crippen molar-refractivity contribution in [2.45, 2.75) is 13.8 Å². The van der Waals surface area contributed by atoms with Crippen LogP contribution in [0.3, 0.4) is 0 Å². The van der Waals surface area contributed by atoms with Gasteiger partial charge in [0.1, 0.15) is 5.82 Å². The van der Waals surface area contributed by atoms with Gasteiger partial charge in [0.15, 0.2) is 9.84 Å². The number of aryl methyl sites for hydroxylation is 1. The molecule has 0 aliphatic heterocycles. The van der Waals surface area contributed by atoms with Gasteiger partial charge >= 0.3 is 0 Å². The maximum Gasteiger partial charge on any atom is 0.224 e. The van der Waals surface area contributed by atoms with Gasteiger partial charge in [-0.05, 0) is 18.5 Å². The number of anilines is 1. The fourth-order valence-electron chi connectivity index (χ4n) is 1.10. The summed E-state index contributed by atoms with van der Waals surface area (Å²) >= 11 is 5.67. The minimum Gasteiger partial charge on any atom is -0.369 e. The lowest BCUT2D eigenvalue weighted by Gasteiger charge is -2.06. The standard InChI is InChI=1S/C9H14ClN3O2S/c1-3-16(14,15)5-4-11-8-6-7(2)12-9(10)13-8/h6H,3-5H2,1-2H3,(H,11,12,13). The van der Waals surface area contributed by atoms with E-state index in [-0.39, 0.29) is 16.8 Å². The molecular weight excluding hydrogens is 250 g/mol. The van der Waals surface area contributed by atoms with Crippen molar-refractivity contribution in [1.82, 2.24) is 9.97 Å². The van der Waals surface area contributed by atoms with Crippen LogP contribution in [0.4, 0.5) is 5.82 Å². The Morgan fingerprint density at radius 1 is 1.44 bits per heavy atom. The molecule has 0 aromatic carbocycles. The molecular formula is C9H14ClN3O2S. The number of halogens is 1. The maximum atomic E-state index is 11.2. The molecule has 1 heterocycles. The molecule has 0 fully saturated rings. The van der Waals surface area contributed by atoms with Crippen LogP contribution in [0.15, 0.2) is 6.07 Å². The fraction of sp³-hybridized carbons (Fsp3) is 0.556. The highest BCUT2D eigenvalue weighted by Gasteiger charge is 2.07. The van der Waals surface area contributed by atoms with Gasteiger partial charge in [-0.15, -0.1) is 0 Å². The van der Waals surface area contributed by atoms with E-state index in [9.17, 15) is 8.42 Å². The van der Waals surface area contributed by atoms with E-state index in [1.54, 1.807) is 19.9 Å². The monoisotopic (exact) mass is 263 g/mol. The second-order valence-corrected chi connectivity index (χ2v) is 6.14. The Bertz CT molecular complexity index is 442. The highest BCUT2D eigenvalue weighted by Crippen LogP contribution is 2.09. The first-order valence-electron chi connectivity index (χ1n) is 4.88. The van der Waals surface area contributed by atoms with Crippen LogP contribution in [0.5, 0.6) is 0 Å². The van der Waals surface area contributed by atoms with Crippen LogP contribution >= 0.6 is 11.6 Å². The summed E-state index contributed by atoms with van der Waals surface area (Å²) in [5, 5.41) is 3.06. The van der Waals surface area contributed by atoms with E-state index in [0.717, 1.165) is 5.69 Å². The van der Waals surface area contributed by atoms with Crippen LogP contribution < -0.4 is 5.32 Å². The molecule has 1 aromatic heterocycles. The minimum absolute atomic E-state index is 0.0875. The highest BCUT2D eigenvalue weighted by molar-refractivity contribution is 7.91. The molecule has 1 rings (SSSR count). The predicted octanol–water partition coefficient (Wildman–Crippen LogP) is 1.29. The van der Waals surface area contributed by atoms with E-state index in [0.29, 0.717) is 12.4 Å². The van der Waals surface area contributed by atoms with Gasteiger partial charge in [-0.1, -0.05) is 6.92 Å². The number of nitrogens with one attached hydrogen (secondary N) is 1. The summed E-state index contributed by atoms with van der Waals surface area (Å²) in [6.45, 7) is 3.74. The molecule has 0 radical (unpaired) electrons. The first-order valence-corrected chi connectivity index (χ1v) is 7.08. The van der Waals surface area contributed by atoms with Crippen molar-refractivity contribution in [2.24, 2.45) is 0 Å². The lowest BCUT2D eigenvalue weighted by molar-refractivity contribution is 0.597. The Morgan fingerprint density at radius 3 is 2.69 bits per heavy atom. The SMILES string of the molecule is CCS(=O)(=O)CCNc1cc(C)nc(Cl)n1. The summed E-state index contributed by atoms with van der Waals surface area (Å²) in [7, 11) is -2.95. The molecule has 0 atom stereocenters. The van der Waals surface area contributed by atoms with E-state index >= 15 is 0 Å². The molecule has 1 aromatic rings. The fourth-order valence-corrected chi connectivity index (χ4v) is 2.03. The largest absolute Gasteiger partial charge is 0.369 e. The third kappa shape index (κ3) is 4.32. The maximum absolute atomic E-state index is 11.2. The Balaban J connectivity index is 2.55. The van der Waals surface area contributed by atoms with Crippen LogP contribution in [0.25, 0.3) is 0 Å². The summed E-state index contributed by atoms with van der Waals surface area (Å²) < 4.78 is 22.4. The lowest BCUT2D eigenvalue weighted by Crippen LogP contribution is -2.17. The van der Waals surface area contributed by atoms with Gasteiger partial charge in [0.2, 0.25) is 5.28 Å². The number of nitrogens with zero attached hydrogens (tertiary/aromatic N) is 2. The third-order valence-electron chi connectivity index (χ3n) is 1.99. The molecule has 0 aliphatic rings. The van der Waals surface area contributed by atoms with Gasteiger partial charge in [0, 0.05) is 24.1 Å². The third-order valence-corrected chi connectivity index (χ3v) is 3.86. The molecule has 0 amide bonds. The van der Waals surface area contributed by atoms with Crippen molar-refractivity contribution >= 4 is 27.3 Å². The number of aromatic nitrogens is 2.